The summed E-state index contributed by atoms with van der Waals surface area (Å²) in [6.07, 6.45) is 6.84. The maximum absolute atomic E-state index is 12.8. The number of likely N-dealkylation sites (tertiary alicyclic amines) is 1. The van der Waals surface area contributed by atoms with Gasteiger partial charge in [0.05, 0.1) is 16.1 Å². The molecule has 0 saturated carbocycles. The van der Waals surface area contributed by atoms with E-state index in [0.29, 0.717) is 29.7 Å². The molecule has 0 radical (unpaired) electrons. The molecule has 2 fully saturated rings. The normalized spacial score (nSPS) is 23.0. The van der Waals surface area contributed by atoms with Crippen molar-refractivity contribution in [3.63, 3.8) is 0 Å². The van der Waals surface area contributed by atoms with E-state index in [0.717, 1.165) is 50.9 Å². The van der Waals surface area contributed by atoms with Crippen molar-refractivity contribution in [2.45, 2.75) is 44.8 Å². The number of piperazine rings is 1. The number of hydrogen-bond acceptors (Lipinski definition) is 4. The molecular formula is C23H31Cl2N3O3. The first-order valence-corrected chi connectivity index (χ1v) is 11.7. The van der Waals surface area contributed by atoms with Crippen molar-refractivity contribution < 1.29 is 14.7 Å². The van der Waals surface area contributed by atoms with Gasteiger partial charge in [-0.25, -0.2) is 0 Å². The smallest absolute Gasteiger partial charge is 0.247 e. The number of aliphatic hydroxyl groups excluding tert-OH is 1. The molecule has 0 bridgehead atoms. The summed E-state index contributed by atoms with van der Waals surface area (Å²) >= 11 is 11.9. The molecule has 31 heavy (non-hydrogen) atoms. The molecule has 2 atom stereocenters. The van der Waals surface area contributed by atoms with Gasteiger partial charge in [-0.15, -0.1) is 0 Å². The minimum Gasteiger partial charge on any atom is -0.392 e. The number of carbonyl (C=O) groups is 2. The summed E-state index contributed by atoms with van der Waals surface area (Å²) in [5.74, 6) is -0.189. The Morgan fingerprint density at radius 1 is 1.16 bits per heavy atom. The van der Waals surface area contributed by atoms with Gasteiger partial charge in [-0.2, -0.15) is 0 Å². The van der Waals surface area contributed by atoms with Gasteiger partial charge in [0.1, 0.15) is 6.04 Å². The van der Waals surface area contributed by atoms with Gasteiger partial charge in [-0.1, -0.05) is 29.3 Å². The van der Waals surface area contributed by atoms with Gasteiger partial charge in [0.25, 0.3) is 0 Å². The fourth-order valence-corrected chi connectivity index (χ4v) is 4.51. The molecule has 8 heteroatoms. The Labute approximate surface area is 194 Å². The molecule has 170 valence electrons. The minimum atomic E-state index is -0.475. The first kappa shape index (κ1) is 24.1. The van der Waals surface area contributed by atoms with Crippen LogP contribution in [0, 0.1) is 0 Å². The third-order valence-electron chi connectivity index (χ3n) is 6.03. The van der Waals surface area contributed by atoms with Crippen LogP contribution in [0.5, 0.6) is 0 Å². The van der Waals surface area contributed by atoms with Crippen molar-refractivity contribution >= 4 is 41.1 Å². The maximum Gasteiger partial charge on any atom is 0.247 e. The molecule has 2 aliphatic heterocycles. The fraction of sp³-hybridized carbons (Fsp3) is 0.565. The second-order valence-corrected chi connectivity index (χ2v) is 9.16. The number of hydrogen-bond donors (Lipinski definition) is 1. The number of β-amino-alcohol motifs (C(OH)–C–C–N with tert-alkyl or cyclic N) is 1. The Morgan fingerprint density at radius 3 is 2.68 bits per heavy atom. The molecule has 1 aromatic rings. The molecule has 1 N–H and O–H groups in total. The van der Waals surface area contributed by atoms with Gasteiger partial charge in [0.15, 0.2) is 0 Å². The van der Waals surface area contributed by atoms with Crippen LogP contribution in [0.25, 0.3) is 6.08 Å². The molecule has 2 saturated heterocycles. The van der Waals surface area contributed by atoms with E-state index in [1.807, 2.05) is 4.90 Å². The lowest BCUT2D eigenvalue weighted by Gasteiger charge is -2.39. The average Bonchev–Trinajstić information content (AvgIpc) is 2.75. The van der Waals surface area contributed by atoms with Gasteiger partial charge >= 0.3 is 0 Å². The summed E-state index contributed by atoms with van der Waals surface area (Å²) in [7, 11) is 0. The molecular weight excluding hydrogens is 437 g/mol. The van der Waals surface area contributed by atoms with Crippen LogP contribution in [0.15, 0.2) is 24.3 Å². The fourth-order valence-electron chi connectivity index (χ4n) is 4.20. The predicted octanol–water partition coefficient (Wildman–Crippen LogP) is 3.30. The summed E-state index contributed by atoms with van der Waals surface area (Å²) in [6.45, 7) is 6.33. The van der Waals surface area contributed by atoms with E-state index in [1.165, 1.54) is 6.08 Å². The third-order valence-corrected chi connectivity index (χ3v) is 6.76. The zero-order valence-electron chi connectivity index (χ0n) is 18.0. The highest BCUT2D eigenvalue weighted by Crippen LogP contribution is 2.23. The van der Waals surface area contributed by atoms with Crippen LogP contribution in [0.4, 0.5) is 0 Å². The van der Waals surface area contributed by atoms with E-state index in [-0.39, 0.29) is 17.9 Å². The highest BCUT2D eigenvalue weighted by molar-refractivity contribution is 6.42. The topological polar surface area (TPSA) is 64.1 Å². The van der Waals surface area contributed by atoms with E-state index >= 15 is 0 Å². The molecule has 0 aromatic heterocycles. The van der Waals surface area contributed by atoms with Crippen LogP contribution in [-0.4, -0.2) is 83.0 Å². The summed E-state index contributed by atoms with van der Waals surface area (Å²) < 4.78 is 0. The second kappa shape index (κ2) is 11.3. The average molecular weight is 468 g/mol. The number of nitrogens with zero attached hydrogens (tertiary/aromatic N) is 3. The van der Waals surface area contributed by atoms with E-state index in [4.69, 9.17) is 23.2 Å². The molecule has 3 rings (SSSR count). The van der Waals surface area contributed by atoms with Crippen LogP contribution in [0.1, 0.15) is 38.2 Å². The Morgan fingerprint density at radius 2 is 1.94 bits per heavy atom. The highest BCUT2D eigenvalue weighted by Gasteiger charge is 2.33. The maximum atomic E-state index is 12.8. The van der Waals surface area contributed by atoms with Crippen molar-refractivity contribution in [3.05, 3.63) is 39.9 Å². The Hall–Kier alpha value is -1.60. The number of piperidine rings is 1. The largest absolute Gasteiger partial charge is 0.392 e. The number of rotatable bonds is 7. The van der Waals surface area contributed by atoms with Crippen LogP contribution >= 0.6 is 23.2 Å². The van der Waals surface area contributed by atoms with Gasteiger partial charge in [0, 0.05) is 32.3 Å². The summed E-state index contributed by atoms with van der Waals surface area (Å²) in [6, 6.07) is 4.70. The third kappa shape index (κ3) is 6.69. The summed E-state index contributed by atoms with van der Waals surface area (Å²) in [5.41, 5.74) is 0.779. The Balaban J connectivity index is 1.44. The zero-order chi connectivity index (χ0) is 22.4. The lowest BCUT2D eigenvalue weighted by Crippen LogP contribution is -2.57. The molecule has 0 spiro atoms. The van der Waals surface area contributed by atoms with Gasteiger partial charge in [0.2, 0.25) is 11.8 Å². The molecule has 2 heterocycles. The van der Waals surface area contributed by atoms with Crippen LogP contribution < -0.4 is 0 Å². The summed E-state index contributed by atoms with van der Waals surface area (Å²) in [4.78, 5) is 31.2. The number of benzene rings is 1. The molecule has 2 amide bonds. The van der Waals surface area contributed by atoms with Crippen LogP contribution in [0.3, 0.4) is 0 Å². The summed E-state index contributed by atoms with van der Waals surface area (Å²) in [5, 5.41) is 10.7. The standard InChI is InChI=1S/C23H31Cl2N3O3/c1-17-23(31)27(12-3-2-10-26-11-4-5-19(29)16-26)13-14-28(17)22(30)9-7-18-6-8-20(24)21(25)15-18/h6-9,15,17,19,29H,2-5,10-14,16H2,1H3. The molecule has 0 aliphatic carbocycles. The molecule has 6 nitrogen and oxygen atoms in total. The quantitative estimate of drug-likeness (QED) is 0.493. The minimum absolute atomic E-state index is 0.00377. The molecule has 2 aliphatic rings. The Bertz CT molecular complexity index is 817. The van der Waals surface area contributed by atoms with E-state index in [2.05, 4.69) is 4.90 Å². The van der Waals surface area contributed by atoms with Crippen molar-refractivity contribution in [3.8, 4) is 0 Å². The first-order valence-electron chi connectivity index (χ1n) is 11.0. The van der Waals surface area contributed by atoms with Gasteiger partial charge < -0.3 is 19.8 Å². The SMILES string of the molecule is CC1C(=O)N(CCCCN2CCCC(O)C2)CCN1C(=O)C=Cc1ccc(Cl)c(Cl)c1. The van der Waals surface area contributed by atoms with Crippen LogP contribution in [0.2, 0.25) is 10.0 Å². The van der Waals surface area contributed by atoms with Gasteiger partial charge in [-0.05, 0) is 69.5 Å². The molecule has 2 unspecified atom stereocenters. The van der Waals surface area contributed by atoms with E-state index < -0.39 is 6.04 Å². The Kier molecular flexibility index (Phi) is 8.78. The molecule has 1 aromatic carbocycles. The number of halogens is 2. The number of carbonyl (C=O) groups excluding carboxylic acids is 2. The highest BCUT2D eigenvalue weighted by atomic mass is 35.5. The van der Waals surface area contributed by atoms with Crippen molar-refractivity contribution in [1.82, 2.24) is 14.7 Å². The lowest BCUT2D eigenvalue weighted by atomic mass is 10.1. The van der Waals surface area contributed by atoms with Crippen LogP contribution in [-0.2, 0) is 9.59 Å². The predicted molar refractivity (Wildman–Crippen MR) is 124 cm³/mol. The lowest BCUT2D eigenvalue weighted by molar-refractivity contribution is -0.148. The monoisotopic (exact) mass is 467 g/mol. The number of amides is 2. The zero-order valence-corrected chi connectivity index (χ0v) is 19.5. The number of unbranched alkanes of at least 4 members (excludes halogenated alkanes) is 1. The van der Waals surface area contributed by atoms with Crippen molar-refractivity contribution in [1.29, 1.82) is 0 Å². The van der Waals surface area contributed by atoms with Gasteiger partial charge in [-0.3, -0.25) is 9.59 Å². The van der Waals surface area contributed by atoms with Crippen molar-refractivity contribution in [2.24, 2.45) is 0 Å². The number of aliphatic hydroxyl groups is 1. The van der Waals surface area contributed by atoms with Crippen molar-refractivity contribution in [2.75, 3.05) is 39.3 Å². The second-order valence-electron chi connectivity index (χ2n) is 8.34. The first-order chi connectivity index (χ1) is 14.8. The van der Waals surface area contributed by atoms with E-state index in [1.54, 1.807) is 36.1 Å². The van der Waals surface area contributed by atoms with E-state index in [9.17, 15) is 14.7 Å².